The number of rotatable bonds is 6. The Kier molecular flexibility index (Phi) is 8.50. The Balaban J connectivity index is 0.00000200. The van der Waals surface area contributed by atoms with E-state index in [0.717, 1.165) is 30.2 Å². The van der Waals surface area contributed by atoms with Crippen LogP contribution in [0.2, 0.25) is 5.02 Å². The van der Waals surface area contributed by atoms with E-state index in [-0.39, 0.29) is 12.4 Å². The van der Waals surface area contributed by atoms with Crippen molar-refractivity contribution in [3.63, 3.8) is 0 Å². The van der Waals surface area contributed by atoms with E-state index >= 15 is 0 Å². The predicted octanol–water partition coefficient (Wildman–Crippen LogP) is -0.293. The Labute approximate surface area is 132 Å². The standard InChI is InChI=1S/C15H22ClNO2.ClH/c16-14-6-4-13(5-7-14)11-19-12-15(18)10-17-8-2-1-3-9-17;/h4-7,15,18H,1-3,8-12H2;1H/p-1. The molecule has 0 bridgehead atoms. The first-order chi connectivity index (χ1) is 9.24. The molecular weight excluding hydrogens is 297 g/mol. The van der Waals surface area contributed by atoms with Gasteiger partial charge in [-0.1, -0.05) is 30.2 Å². The Morgan fingerprint density at radius 3 is 2.45 bits per heavy atom. The number of piperidine rings is 1. The average molecular weight is 319 g/mol. The van der Waals surface area contributed by atoms with Crippen LogP contribution in [0, 0.1) is 0 Å². The fourth-order valence-electron chi connectivity index (χ4n) is 2.39. The van der Waals surface area contributed by atoms with Crippen molar-refractivity contribution in [3.05, 3.63) is 34.9 Å². The highest BCUT2D eigenvalue weighted by molar-refractivity contribution is 6.30. The first-order valence-corrected chi connectivity index (χ1v) is 7.34. The highest BCUT2D eigenvalue weighted by Gasteiger charge is 2.14. The Hall–Kier alpha value is -0.320. The average Bonchev–Trinajstić information content (AvgIpc) is 2.42. The molecule has 0 amide bonds. The van der Waals surface area contributed by atoms with Crippen LogP contribution in [-0.2, 0) is 11.3 Å². The van der Waals surface area contributed by atoms with Gasteiger partial charge in [0.05, 0.1) is 19.3 Å². The summed E-state index contributed by atoms with van der Waals surface area (Å²) in [5, 5.41) is 10.7. The minimum Gasteiger partial charge on any atom is -1.00 e. The number of benzene rings is 1. The van der Waals surface area contributed by atoms with Gasteiger partial charge >= 0.3 is 0 Å². The predicted molar refractivity (Wildman–Crippen MR) is 77.4 cm³/mol. The molecule has 1 unspecified atom stereocenters. The quantitative estimate of drug-likeness (QED) is 0.782. The van der Waals surface area contributed by atoms with Gasteiger partial charge in [-0.05, 0) is 43.6 Å². The maximum Gasteiger partial charge on any atom is 0.0900 e. The fraction of sp³-hybridized carbons (Fsp3) is 0.600. The molecule has 2 rings (SSSR count). The molecule has 1 N–H and O–H groups in total. The van der Waals surface area contributed by atoms with E-state index in [4.69, 9.17) is 16.3 Å². The van der Waals surface area contributed by atoms with Crippen LogP contribution in [0.15, 0.2) is 24.3 Å². The first-order valence-electron chi connectivity index (χ1n) is 6.96. The first kappa shape index (κ1) is 17.7. The van der Waals surface area contributed by atoms with Crippen molar-refractivity contribution in [2.24, 2.45) is 0 Å². The molecule has 20 heavy (non-hydrogen) atoms. The Morgan fingerprint density at radius 2 is 1.80 bits per heavy atom. The molecule has 114 valence electrons. The summed E-state index contributed by atoms with van der Waals surface area (Å²) in [5.74, 6) is 0. The van der Waals surface area contributed by atoms with Gasteiger partial charge < -0.3 is 27.2 Å². The van der Waals surface area contributed by atoms with Crippen LogP contribution in [0.25, 0.3) is 0 Å². The lowest BCUT2D eigenvalue weighted by molar-refractivity contribution is -0.0000110. The highest BCUT2D eigenvalue weighted by Crippen LogP contribution is 2.11. The zero-order valence-electron chi connectivity index (χ0n) is 11.6. The van der Waals surface area contributed by atoms with Crippen molar-refractivity contribution in [1.29, 1.82) is 0 Å². The second-order valence-corrected chi connectivity index (χ2v) is 5.59. The van der Waals surface area contributed by atoms with Crippen molar-refractivity contribution in [2.75, 3.05) is 26.2 Å². The van der Waals surface area contributed by atoms with Crippen LogP contribution in [0.4, 0.5) is 0 Å². The van der Waals surface area contributed by atoms with Crippen molar-refractivity contribution in [3.8, 4) is 0 Å². The second-order valence-electron chi connectivity index (χ2n) is 5.16. The summed E-state index contributed by atoms with van der Waals surface area (Å²) in [6.07, 6.45) is 3.42. The molecule has 0 spiro atoms. The number of hydrogen-bond acceptors (Lipinski definition) is 3. The maximum atomic E-state index is 9.94. The van der Waals surface area contributed by atoms with Crippen LogP contribution in [-0.4, -0.2) is 42.4 Å². The number of β-amino-alcohol motifs (C(OH)–C–C–N with tert-alkyl or cyclic N) is 1. The topological polar surface area (TPSA) is 32.7 Å². The maximum absolute atomic E-state index is 9.94. The molecule has 0 radical (unpaired) electrons. The zero-order chi connectivity index (χ0) is 13.5. The van der Waals surface area contributed by atoms with Crippen LogP contribution in [0.1, 0.15) is 24.8 Å². The summed E-state index contributed by atoms with van der Waals surface area (Å²) in [4.78, 5) is 2.32. The summed E-state index contributed by atoms with van der Waals surface area (Å²) in [6, 6.07) is 7.59. The highest BCUT2D eigenvalue weighted by atomic mass is 35.5. The number of ether oxygens (including phenoxy) is 1. The molecule has 1 saturated heterocycles. The summed E-state index contributed by atoms with van der Waals surface area (Å²) in [5.41, 5.74) is 1.08. The van der Waals surface area contributed by atoms with Crippen molar-refractivity contribution in [2.45, 2.75) is 32.0 Å². The summed E-state index contributed by atoms with van der Waals surface area (Å²) in [7, 11) is 0. The largest absolute Gasteiger partial charge is 1.00 e. The normalized spacial score (nSPS) is 17.5. The van der Waals surface area contributed by atoms with Crippen molar-refractivity contribution >= 4 is 11.6 Å². The number of nitrogens with zero attached hydrogens (tertiary/aromatic N) is 1. The Morgan fingerprint density at radius 1 is 1.15 bits per heavy atom. The van der Waals surface area contributed by atoms with Crippen molar-refractivity contribution in [1.82, 2.24) is 4.90 Å². The molecule has 0 aliphatic carbocycles. The molecule has 1 aliphatic heterocycles. The van der Waals surface area contributed by atoms with E-state index < -0.39 is 6.10 Å². The third-order valence-electron chi connectivity index (χ3n) is 3.41. The molecular formula is C15H22Cl2NO2-. The van der Waals surface area contributed by atoms with Crippen LogP contribution < -0.4 is 12.4 Å². The lowest BCUT2D eigenvalue weighted by Crippen LogP contribution is -3.00. The van der Waals surface area contributed by atoms with Gasteiger partial charge in [0.2, 0.25) is 0 Å². The molecule has 0 saturated carbocycles. The monoisotopic (exact) mass is 318 g/mol. The number of aliphatic hydroxyl groups is 1. The second kappa shape index (κ2) is 9.59. The molecule has 1 aromatic carbocycles. The molecule has 1 fully saturated rings. The zero-order valence-corrected chi connectivity index (χ0v) is 13.1. The number of aliphatic hydroxyl groups excluding tert-OH is 1. The number of halogens is 2. The van der Waals surface area contributed by atoms with E-state index in [9.17, 15) is 5.11 Å². The molecule has 3 nitrogen and oxygen atoms in total. The van der Waals surface area contributed by atoms with Gasteiger partial charge in [0.25, 0.3) is 0 Å². The molecule has 1 atom stereocenters. The van der Waals surface area contributed by atoms with Gasteiger partial charge in [-0.2, -0.15) is 0 Å². The van der Waals surface area contributed by atoms with Gasteiger partial charge in [-0.3, -0.25) is 0 Å². The summed E-state index contributed by atoms with van der Waals surface area (Å²) < 4.78 is 5.54. The molecule has 1 aromatic rings. The van der Waals surface area contributed by atoms with E-state index in [0.29, 0.717) is 13.2 Å². The van der Waals surface area contributed by atoms with E-state index in [1.807, 2.05) is 24.3 Å². The van der Waals surface area contributed by atoms with Gasteiger partial charge in [0.1, 0.15) is 0 Å². The number of hydrogen-bond donors (Lipinski definition) is 1. The molecule has 1 aliphatic rings. The fourth-order valence-corrected chi connectivity index (χ4v) is 2.51. The van der Waals surface area contributed by atoms with Gasteiger partial charge in [-0.25, -0.2) is 0 Å². The number of likely N-dealkylation sites (tertiary alicyclic amines) is 1. The SMILES string of the molecule is OC(COCc1ccc(Cl)cc1)CN1CCCCC1.[Cl-]. The minimum absolute atomic E-state index is 0. The lowest BCUT2D eigenvalue weighted by atomic mass is 10.1. The van der Waals surface area contributed by atoms with Gasteiger partial charge in [0, 0.05) is 11.6 Å². The van der Waals surface area contributed by atoms with Gasteiger partial charge in [-0.15, -0.1) is 0 Å². The third kappa shape index (κ3) is 6.42. The summed E-state index contributed by atoms with van der Waals surface area (Å²) in [6.45, 7) is 3.84. The lowest BCUT2D eigenvalue weighted by Gasteiger charge is -2.28. The van der Waals surface area contributed by atoms with E-state index in [1.165, 1.54) is 19.3 Å². The molecule has 5 heteroatoms. The van der Waals surface area contributed by atoms with E-state index in [2.05, 4.69) is 4.90 Å². The van der Waals surface area contributed by atoms with Gasteiger partial charge in [0.15, 0.2) is 0 Å². The van der Waals surface area contributed by atoms with E-state index in [1.54, 1.807) is 0 Å². The summed E-state index contributed by atoms with van der Waals surface area (Å²) >= 11 is 5.82. The molecule has 0 aromatic heterocycles. The minimum atomic E-state index is -0.398. The smallest absolute Gasteiger partial charge is 0.0900 e. The van der Waals surface area contributed by atoms with Crippen LogP contribution >= 0.6 is 11.6 Å². The van der Waals surface area contributed by atoms with Crippen molar-refractivity contribution < 1.29 is 22.3 Å². The van der Waals surface area contributed by atoms with Crippen LogP contribution in [0.5, 0.6) is 0 Å². The van der Waals surface area contributed by atoms with Crippen LogP contribution in [0.3, 0.4) is 0 Å². The molecule has 1 heterocycles. The third-order valence-corrected chi connectivity index (χ3v) is 3.66. The Bertz CT molecular complexity index is 367.